The predicted molar refractivity (Wildman–Crippen MR) is 87.0 cm³/mol. The second-order valence-electron chi connectivity index (χ2n) is 5.63. The highest BCUT2D eigenvalue weighted by atomic mass is 32.2. The van der Waals surface area contributed by atoms with E-state index in [1.807, 2.05) is 5.32 Å². The van der Waals surface area contributed by atoms with E-state index in [1.54, 1.807) is 0 Å². The molecule has 9 heteroatoms. The topological polar surface area (TPSA) is 49.3 Å². The Bertz CT molecular complexity index is 819. The summed E-state index contributed by atoms with van der Waals surface area (Å²) in [4.78, 5) is 12.4. The Labute approximate surface area is 150 Å². The van der Waals surface area contributed by atoms with Crippen molar-refractivity contribution in [2.75, 3.05) is 5.32 Å². The minimum atomic E-state index is -5.18. The van der Waals surface area contributed by atoms with Gasteiger partial charge in [-0.2, -0.15) is 13.2 Å². The molecule has 1 unspecified atom stereocenters. The molecule has 0 saturated heterocycles. The minimum Gasteiger partial charge on any atom is -0.373 e. The molecule has 26 heavy (non-hydrogen) atoms. The Hall–Kier alpha value is -2.13. The lowest BCUT2D eigenvalue weighted by Gasteiger charge is -2.25. The van der Waals surface area contributed by atoms with Gasteiger partial charge in [-0.15, -0.1) is 0 Å². The van der Waals surface area contributed by atoms with Crippen LogP contribution in [0.3, 0.4) is 0 Å². The quantitative estimate of drug-likeness (QED) is 0.745. The van der Waals surface area contributed by atoms with Crippen molar-refractivity contribution < 1.29 is 31.9 Å². The lowest BCUT2D eigenvalue weighted by Crippen LogP contribution is -2.52. The second-order valence-corrected chi connectivity index (χ2v) is 6.75. The van der Waals surface area contributed by atoms with Crippen LogP contribution in [0.4, 0.5) is 27.6 Å². The maximum absolute atomic E-state index is 14.5. The van der Waals surface area contributed by atoms with Gasteiger partial charge in [-0.25, -0.2) is 8.78 Å². The average Bonchev–Trinajstić information content (AvgIpc) is 2.55. The molecular weight excluding hydrogens is 377 g/mol. The number of anilines is 1. The molecule has 0 heterocycles. The van der Waals surface area contributed by atoms with E-state index in [9.17, 15) is 31.9 Å². The van der Waals surface area contributed by atoms with E-state index in [0.29, 0.717) is 11.8 Å². The summed E-state index contributed by atoms with van der Waals surface area (Å²) in [6.07, 6.45) is -5.18. The van der Waals surface area contributed by atoms with E-state index in [0.717, 1.165) is 11.8 Å². The molecule has 0 aliphatic carbocycles. The molecule has 0 spiro atoms. The number of hydrogen-bond donors (Lipinski definition) is 2. The molecule has 2 aromatic carbocycles. The Morgan fingerprint density at radius 2 is 1.65 bits per heavy atom. The molecule has 2 N–H and O–H groups in total. The summed E-state index contributed by atoms with van der Waals surface area (Å²) in [6, 6.07) is 7.82. The van der Waals surface area contributed by atoms with E-state index in [-0.39, 0.29) is 16.1 Å². The number of amides is 1. The molecule has 1 atom stereocenters. The second kappa shape index (κ2) is 7.24. The van der Waals surface area contributed by atoms with Gasteiger partial charge in [0.15, 0.2) is 0 Å². The highest BCUT2D eigenvalue weighted by Gasteiger charge is 2.55. The van der Waals surface area contributed by atoms with Crippen LogP contribution < -0.4 is 5.32 Å². The van der Waals surface area contributed by atoms with Crippen LogP contribution in [-0.4, -0.2) is 22.8 Å². The summed E-state index contributed by atoms with van der Waals surface area (Å²) in [5.74, 6) is -2.91. The van der Waals surface area contributed by atoms with Crippen LogP contribution in [0.5, 0.6) is 0 Å². The van der Waals surface area contributed by atoms with Gasteiger partial charge in [-0.1, -0.05) is 11.8 Å². The SMILES string of the molecule is Cc1c(NC(=O)C(C)(O)C(F)(F)F)ccc(Sc2ccc(F)cc2)c1F. The molecule has 0 aliphatic rings. The molecule has 0 radical (unpaired) electrons. The first kappa shape index (κ1) is 20.2. The van der Waals surface area contributed by atoms with Crippen molar-refractivity contribution in [2.24, 2.45) is 0 Å². The van der Waals surface area contributed by atoms with Crippen molar-refractivity contribution in [3.63, 3.8) is 0 Å². The monoisotopic (exact) mass is 391 g/mol. The number of aliphatic hydroxyl groups is 1. The predicted octanol–water partition coefficient (Wildman–Crippen LogP) is 4.68. The van der Waals surface area contributed by atoms with Crippen LogP contribution in [-0.2, 0) is 4.79 Å². The van der Waals surface area contributed by atoms with Gasteiger partial charge in [0, 0.05) is 21.0 Å². The molecule has 0 bridgehead atoms. The number of hydrogen-bond acceptors (Lipinski definition) is 3. The number of alkyl halides is 3. The van der Waals surface area contributed by atoms with Crippen molar-refractivity contribution in [2.45, 2.75) is 35.4 Å². The summed E-state index contributed by atoms with van der Waals surface area (Å²) in [5, 5.41) is 11.2. The molecule has 3 nitrogen and oxygen atoms in total. The van der Waals surface area contributed by atoms with Gasteiger partial charge in [0.2, 0.25) is 5.60 Å². The first-order valence-corrected chi connectivity index (χ1v) is 8.08. The Morgan fingerprint density at radius 1 is 1.08 bits per heavy atom. The maximum atomic E-state index is 14.5. The molecule has 2 aromatic rings. The fourth-order valence-corrected chi connectivity index (χ4v) is 2.78. The number of halogens is 5. The van der Waals surface area contributed by atoms with Gasteiger partial charge in [-0.3, -0.25) is 4.79 Å². The van der Waals surface area contributed by atoms with E-state index in [2.05, 4.69) is 0 Å². The Balaban J connectivity index is 2.24. The molecule has 0 aromatic heterocycles. The smallest absolute Gasteiger partial charge is 0.373 e. The van der Waals surface area contributed by atoms with E-state index < -0.39 is 29.3 Å². The summed E-state index contributed by atoms with van der Waals surface area (Å²) >= 11 is 0.991. The summed E-state index contributed by atoms with van der Waals surface area (Å²) < 4.78 is 65.4. The fourth-order valence-electron chi connectivity index (χ4n) is 1.88. The first-order chi connectivity index (χ1) is 11.9. The van der Waals surface area contributed by atoms with Gasteiger partial charge in [-0.05, 0) is 50.2 Å². The third kappa shape index (κ3) is 4.16. The zero-order chi connectivity index (χ0) is 19.7. The van der Waals surface area contributed by atoms with Crippen LogP contribution in [0, 0.1) is 18.6 Å². The molecule has 1 amide bonds. The lowest BCUT2D eigenvalue weighted by atomic mass is 10.1. The Kier molecular flexibility index (Phi) is 5.62. The largest absolute Gasteiger partial charge is 0.426 e. The molecule has 2 rings (SSSR count). The maximum Gasteiger partial charge on any atom is 0.426 e. The highest BCUT2D eigenvalue weighted by Crippen LogP contribution is 2.35. The van der Waals surface area contributed by atoms with Crippen molar-refractivity contribution in [3.8, 4) is 0 Å². The van der Waals surface area contributed by atoms with Crippen LogP contribution in [0.15, 0.2) is 46.2 Å². The number of benzene rings is 2. The normalized spacial score (nSPS) is 14.0. The highest BCUT2D eigenvalue weighted by molar-refractivity contribution is 7.99. The molecular formula is C17H14F5NO2S. The summed E-state index contributed by atoms with van der Waals surface area (Å²) in [7, 11) is 0. The van der Waals surface area contributed by atoms with Gasteiger partial charge in [0.05, 0.1) is 0 Å². The number of nitrogens with one attached hydrogen (secondary N) is 1. The average molecular weight is 391 g/mol. The van der Waals surface area contributed by atoms with Gasteiger partial charge < -0.3 is 10.4 Å². The lowest BCUT2D eigenvalue weighted by molar-refractivity contribution is -0.242. The number of carbonyl (C=O) groups excluding carboxylic acids is 1. The first-order valence-electron chi connectivity index (χ1n) is 7.26. The molecule has 0 saturated carbocycles. The van der Waals surface area contributed by atoms with Crippen LogP contribution in [0.25, 0.3) is 0 Å². The summed E-state index contributed by atoms with van der Waals surface area (Å²) in [6.45, 7) is 1.59. The zero-order valence-corrected chi connectivity index (χ0v) is 14.4. The Morgan fingerprint density at radius 3 is 2.19 bits per heavy atom. The van der Waals surface area contributed by atoms with Crippen LogP contribution in [0.1, 0.15) is 12.5 Å². The standard InChI is InChI=1S/C17H14F5NO2S/c1-9-12(23-15(24)16(2,25)17(20,21)22)7-8-13(14(9)19)26-11-5-3-10(18)4-6-11/h3-8,25H,1-2H3,(H,23,24). The van der Waals surface area contributed by atoms with Gasteiger partial charge >= 0.3 is 6.18 Å². The van der Waals surface area contributed by atoms with E-state index >= 15 is 0 Å². The van der Waals surface area contributed by atoms with Crippen molar-refractivity contribution in [1.82, 2.24) is 0 Å². The van der Waals surface area contributed by atoms with Gasteiger partial charge in [0.1, 0.15) is 11.6 Å². The van der Waals surface area contributed by atoms with E-state index in [1.165, 1.54) is 43.3 Å². The molecule has 0 aliphatic heterocycles. The minimum absolute atomic E-state index is 0.0940. The van der Waals surface area contributed by atoms with Crippen molar-refractivity contribution >= 4 is 23.4 Å². The summed E-state index contributed by atoms with van der Waals surface area (Å²) in [5.41, 5.74) is -3.90. The zero-order valence-electron chi connectivity index (χ0n) is 13.6. The van der Waals surface area contributed by atoms with Crippen molar-refractivity contribution in [3.05, 3.63) is 53.6 Å². The number of carbonyl (C=O) groups is 1. The number of rotatable bonds is 4. The fraction of sp³-hybridized carbons (Fsp3) is 0.235. The van der Waals surface area contributed by atoms with Gasteiger partial charge in [0.25, 0.3) is 5.91 Å². The van der Waals surface area contributed by atoms with Crippen molar-refractivity contribution in [1.29, 1.82) is 0 Å². The third-order valence-electron chi connectivity index (χ3n) is 3.63. The molecule has 140 valence electrons. The van der Waals surface area contributed by atoms with Crippen LogP contribution >= 0.6 is 11.8 Å². The van der Waals surface area contributed by atoms with Crippen LogP contribution in [0.2, 0.25) is 0 Å². The third-order valence-corrected chi connectivity index (χ3v) is 4.68. The van der Waals surface area contributed by atoms with E-state index in [4.69, 9.17) is 0 Å². The molecule has 0 fully saturated rings.